The van der Waals surface area contributed by atoms with Crippen LogP contribution in [0.5, 0.6) is 5.75 Å². The van der Waals surface area contributed by atoms with Gasteiger partial charge in [-0.15, -0.1) is 11.3 Å². The fourth-order valence-corrected chi connectivity index (χ4v) is 4.23. The molecular formula is C20H22ClN5O2S. The SMILES string of the molecule is O=C(CN1CCN(c2ncnc3sccc23)CC1)NCCOc1cccc(Cl)c1. The number of benzene rings is 1. The van der Waals surface area contributed by atoms with E-state index in [9.17, 15) is 4.79 Å². The summed E-state index contributed by atoms with van der Waals surface area (Å²) in [5.41, 5.74) is 0. The van der Waals surface area contributed by atoms with Gasteiger partial charge in [-0.3, -0.25) is 9.69 Å². The number of carbonyl (C=O) groups excluding carboxylic acids is 1. The third-order valence-corrected chi connectivity index (χ3v) is 5.82. The van der Waals surface area contributed by atoms with Gasteiger partial charge in [-0.05, 0) is 29.6 Å². The average molecular weight is 432 g/mol. The predicted octanol–water partition coefficient (Wildman–Crippen LogP) is 2.66. The minimum absolute atomic E-state index is 0.00963. The Hall–Kier alpha value is -2.42. The van der Waals surface area contributed by atoms with E-state index in [1.165, 1.54) is 0 Å². The molecule has 9 heteroatoms. The number of ether oxygens (including phenoxy) is 1. The Balaban J connectivity index is 1.18. The smallest absolute Gasteiger partial charge is 0.234 e. The highest BCUT2D eigenvalue weighted by atomic mass is 35.5. The number of carbonyl (C=O) groups is 1. The van der Waals surface area contributed by atoms with Crippen molar-refractivity contribution >= 4 is 44.9 Å². The van der Waals surface area contributed by atoms with Crippen LogP contribution in [0.2, 0.25) is 5.02 Å². The summed E-state index contributed by atoms with van der Waals surface area (Å²) in [6, 6.07) is 9.30. The van der Waals surface area contributed by atoms with Crippen LogP contribution >= 0.6 is 22.9 Å². The highest BCUT2D eigenvalue weighted by molar-refractivity contribution is 7.16. The molecule has 152 valence electrons. The van der Waals surface area contributed by atoms with Crippen molar-refractivity contribution < 1.29 is 9.53 Å². The summed E-state index contributed by atoms with van der Waals surface area (Å²) in [4.78, 5) is 26.4. The number of hydrogen-bond donors (Lipinski definition) is 1. The van der Waals surface area contributed by atoms with Crippen molar-refractivity contribution in [2.45, 2.75) is 0 Å². The summed E-state index contributed by atoms with van der Waals surface area (Å²) in [5.74, 6) is 1.70. The van der Waals surface area contributed by atoms with Gasteiger partial charge in [-0.1, -0.05) is 17.7 Å². The Labute approximate surface area is 178 Å². The van der Waals surface area contributed by atoms with E-state index in [1.54, 1.807) is 29.8 Å². The first-order valence-electron chi connectivity index (χ1n) is 9.49. The van der Waals surface area contributed by atoms with E-state index >= 15 is 0 Å². The van der Waals surface area contributed by atoms with Crippen LogP contribution in [-0.2, 0) is 4.79 Å². The fourth-order valence-electron chi connectivity index (χ4n) is 3.32. The van der Waals surface area contributed by atoms with Gasteiger partial charge in [-0.2, -0.15) is 0 Å². The van der Waals surface area contributed by atoms with Crippen LogP contribution in [0.25, 0.3) is 10.2 Å². The van der Waals surface area contributed by atoms with E-state index in [2.05, 4.69) is 31.2 Å². The number of fused-ring (bicyclic) bond motifs is 1. The van der Waals surface area contributed by atoms with E-state index in [4.69, 9.17) is 16.3 Å². The average Bonchev–Trinajstić information content (AvgIpc) is 3.21. The van der Waals surface area contributed by atoms with E-state index in [0.717, 1.165) is 42.2 Å². The summed E-state index contributed by atoms with van der Waals surface area (Å²) in [7, 11) is 0. The second-order valence-electron chi connectivity index (χ2n) is 6.76. The Kier molecular flexibility index (Phi) is 6.43. The maximum atomic E-state index is 12.2. The predicted molar refractivity (Wildman–Crippen MR) is 116 cm³/mol. The number of piperazine rings is 1. The zero-order valence-electron chi connectivity index (χ0n) is 15.9. The number of hydrogen-bond acceptors (Lipinski definition) is 7. The fraction of sp³-hybridized carbons (Fsp3) is 0.350. The van der Waals surface area contributed by atoms with Crippen molar-refractivity contribution in [3.05, 3.63) is 47.1 Å². The lowest BCUT2D eigenvalue weighted by molar-refractivity contribution is -0.122. The zero-order valence-corrected chi connectivity index (χ0v) is 17.5. The molecule has 3 aromatic rings. The molecule has 1 aliphatic rings. The second kappa shape index (κ2) is 9.39. The number of nitrogens with one attached hydrogen (secondary N) is 1. The lowest BCUT2D eigenvalue weighted by atomic mass is 10.2. The quantitative estimate of drug-likeness (QED) is 0.580. The number of rotatable bonds is 7. The van der Waals surface area contributed by atoms with Crippen molar-refractivity contribution in [2.24, 2.45) is 0 Å². The molecule has 0 aliphatic carbocycles. The third kappa shape index (κ3) is 5.14. The Morgan fingerprint density at radius 3 is 2.90 bits per heavy atom. The maximum absolute atomic E-state index is 12.2. The molecule has 1 saturated heterocycles. The van der Waals surface area contributed by atoms with E-state index in [0.29, 0.717) is 30.5 Å². The molecule has 1 N–H and O–H groups in total. The second-order valence-corrected chi connectivity index (χ2v) is 8.09. The molecule has 0 radical (unpaired) electrons. The summed E-state index contributed by atoms with van der Waals surface area (Å²) < 4.78 is 5.59. The van der Waals surface area contributed by atoms with Gasteiger partial charge in [0.1, 0.15) is 29.3 Å². The van der Waals surface area contributed by atoms with E-state index in [-0.39, 0.29) is 5.91 Å². The lowest BCUT2D eigenvalue weighted by Crippen LogP contribution is -2.50. The van der Waals surface area contributed by atoms with Crippen LogP contribution < -0.4 is 15.0 Å². The van der Waals surface area contributed by atoms with Gasteiger partial charge in [0.2, 0.25) is 5.91 Å². The van der Waals surface area contributed by atoms with Crippen LogP contribution in [0.15, 0.2) is 42.0 Å². The molecule has 4 rings (SSSR count). The van der Waals surface area contributed by atoms with Gasteiger partial charge in [0.05, 0.1) is 18.5 Å². The molecule has 3 heterocycles. The standard InChI is InChI=1S/C20H22ClN5O2S/c21-15-2-1-3-16(12-15)28-10-5-22-18(27)13-25-6-8-26(9-7-25)19-17-4-11-29-20(17)24-14-23-19/h1-4,11-12,14H,5-10,13H2,(H,22,27). The van der Waals surface area contributed by atoms with Gasteiger partial charge in [0, 0.05) is 31.2 Å². The highest BCUT2D eigenvalue weighted by Crippen LogP contribution is 2.27. The van der Waals surface area contributed by atoms with E-state index in [1.807, 2.05) is 17.5 Å². The summed E-state index contributed by atoms with van der Waals surface area (Å²) >= 11 is 7.55. The van der Waals surface area contributed by atoms with Crippen molar-refractivity contribution in [1.82, 2.24) is 20.2 Å². The largest absolute Gasteiger partial charge is 0.492 e. The minimum Gasteiger partial charge on any atom is -0.492 e. The Morgan fingerprint density at radius 1 is 1.21 bits per heavy atom. The Bertz CT molecular complexity index is 974. The number of aromatic nitrogens is 2. The summed E-state index contributed by atoms with van der Waals surface area (Å²) in [5, 5.41) is 6.68. The third-order valence-electron chi connectivity index (χ3n) is 4.77. The molecule has 7 nitrogen and oxygen atoms in total. The van der Waals surface area contributed by atoms with Gasteiger partial charge in [-0.25, -0.2) is 9.97 Å². The van der Waals surface area contributed by atoms with Gasteiger partial charge in [0.15, 0.2) is 0 Å². The first-order chi connectivity index (χ1) is 14.2. The van der Waals surface area contributed by atoms with Crippen molar-refractivity contribution in [3.8, 4) is 5.75 Å². The van der Waals surface area contributed by atoms with Crippen LogP contribution in [0, 0.1) is 0 Å². The molecular weight excluding hydrogens is 410 g/mol. The van der Waals surface area contributed by atoms with Gasteiger partial charge >= 0.3 is 0 Å². The first-order valence-corrected chi connectivity index (χ1v) is 10.8. The molecule has 2 aromatic heterocycles. The van der Waals surface area contributed by atoms with Gasteiger partial charge in [0.25, 0.3) is 0 Å². The molecule has 1 amide bonds. The van der Waals surface area contributed by atoms with Crippen molar-refractivity contribution in [1.29, 1.82) is 0 Å². The molecule has 0 atom stereocenters. The zero-order chi connectivity index (χ0) is 20.1. The van der Waals surface area contributed by atoms with Crippen molar-refractivity contribution in [2.75, 3.05) is 50.8 Å². The van der Waals surface area contributed by atoms with E-state index < -0.39 is 0 Å². The Morgan fingerprint density at radius 2 is 2.07 bits per heavy atom. The number of anilines is 1. The molecule has 0 saturated carbocycles. The molecule has 1 aromatic carbocycles. The molecule has 0 unspecified atom stereocenters. The van der Waals surface area contributed by atoms with Crippen LogP contribution in [0.3, 0.4) is 0 Å². The lowest BCUT2D eigenvalue weighted by Gasteiger charge is -2.35. The minimum atomic E-state index is 0.00963. The number of nitrogens with zero attached hydrogens (tertiary/aromatic N) is 4. The number of amides is 1. The topological polar surface area (TPSA) is 70.6 Å². The summed E-state index contributed by atoms with van der Waals surface area (Å²) in [6.45, 7) is 4.58. The van der Waals surface area contributed by atoms with Gasteiger partial charge < -0.3 is 15.0 Å². The number of halogens is 1. The maximum Gasteiger partial charge on any atom is 0.234 e. The number of thiophene rings is 1. The molecule has 0 bridgehead atoms. The first kappa shape index (κ1) is 19.9. The molecule has 0 spiro atoms. The summed E-state index contributed by atoms with van der Waals surface area (Å²) in [6.07, 6.45) is 1.62. The molecule has 29 heavy (non-hydrogen) atoms. The molecule has 1 fully saturated rings. The van der Waals surface area contributed by atoms with Crippen molar-refractivity contribution in [3.63, 3.8) is 0 Å². The van der Waals surface area contributed by atoms with Crippen LogP contribution in [0.4, 0.5) is 5.82 Å². The van der Waals surface area contributed by atoms with Crippen LogP contribution in [-0.4, -0.2) is 66.7 Å². The molecule has 1 aliphatic heterocycles. The highest BCUT2D eigenvalue weighted by Gasteiger charge is 2.21. The normalized spacial score (nSPS) is 14.9. The van der Waals surface area contributed by atoms with Crippen LogP contribution in [0.1, 0.15) is 0 Å². The monoisotopic (exact) mass is 431 g/mol.